The molecule has 0 radical (unpaired) electrons. The van der Waals surface area contributed by atoms with Crippen molar-refractivity contribution in [3.63, 3.8) is 0 Å². The number of amides is 4. The van der Waals surface area contributed by atoms with Crippen molar-refractivity contribution in [2.75, 3.05) is 6.54 Å². The van der Waals surface area contributed by atoms with Crippen molar-refractivity contribution < 1.29 is 23.9 Å². The quantitative estimate of drug-likeness (QED) is 0.386. The summed E-state index contributed by atoms with van der Waals surface area (Å²) in [6, 6.07) is 13.7. The van der Waals surface area contributed by atoms with Crippen LogP contribution in [0.5, 0.6) is 5.75 Å². The zero-order chi connectivity index (χ0) is 23.4. The molecule has 1 heterocycles. The SMILES string of the molecule is O=C(CN1C(=O)C2CC=CCC2C1=O)NNC(=O)c1ccc(COc2ccc(Cl)cc2)cc1. The third kappa shape index (κ3) is 5.23. The van der Waals surface area contributed by atoms with Crippen LogP contribution in [-0.4, -0.2) is 35.1 Å². The van der Waals surface area contributed by atoms with E-state index < -0.39 is 30.2 Å². The first kappa shape index (κ1) is 22.5. The van der Waals surface area contributed by atoms with E-state index in [9.17, 15) is 19.2 Å². The normalized spacial score (nSPS) is 19.2. The second-order valence-corrected chi connectivity index (χ2v) is 8.30. The summed E-state index contributed by atoms with van der Waals surface area (Å²) in [6.07, 6.45) is 4.77. The van der Waals surface area contributed by atoms with Crippen LogP contribution in [0, 0.1) is 11.8 Å². The number of hydrogen-bond acceptors (Lipinski definition) is 5. The molecule has 0 saturated carbocycles. The van der Waals surface area contributed by atoms with Gasteiger partial charge < -0.3 is 4.74 Å². The fraction of sp³-hybridized carbons (Fsp3) is 0.250. The number of fused-ring (bicyclic) bond motifs is 1. The minimum Gasteiger partial charge on any atom is -0.489 e. The van der Waals surface area contributed by atoms with E-state index in [-0.39, 0.29) is 11.8 Å². The number of hydrogen-bond donors (Lipinski definition) is 2. The lowest BCUT2D eigenvalue weighted by molar-refractivity contribution is -0.143. The van der Waals surface area contributed by atoms with Gasteiger partial charge in [0.1, 0.15) is 18.9 Å². The van der Waals surface area contributed by atoms with Crippen molar-refractivity contribution in [1.82, 2.24) is 15.8 Å². The van der Waals surface area contributed by atoms with Gasteiger partial charge in [-0.2, -0.15) is 0 Å². The minimum atomic E-state index is -0.648. The van der Waals surface area contributed by atoms with Crippen LogP contribution in [0.1, 0.15) is 28.8 Å². The number of hydrazine groups is 1. The van der Waals surface area contributed by atoms with Gasteiger partial charge in [0.05, 0.1) is 11.8 Å². The highest BCUT2D eigenvalue weighted by molar-refractivity contribution is 6.30. The molecule has 170 valence electrons. The number of carbonyl (C=O) groups excluding carboxylic acids is 4. The molecular formula is C24H22ClN3O5. The zero-order valence-electron chi connectivity index (χ0n) is 17.6. The van der Waals surface area contributed by atoms with Gasteiger partial charge in [-0.1, -0.05) is 35.9 Å². The molecule has 0 aromatic heterocycles. The molecule has 2 unspecified atom stereocenters. The fourth-order valence-corrected chi connectivity index (χ4v) is 3.98. The topological polar surface area (TPSA) is 105 Å². The molecular weight excluding hydrogens is 446 g/mol. The van der Waals surface area contributed by atoms with Crippen LogP contribution >= 0.6 is 11.6 Å². The highest BCUT2D eigenvalue weighted by Gasteiger charge is 2.47. The lowest BCUT2D eigenvalue weighted by Gasteiger charge is -2.15. The molecule has 0 bridgehead atoms. The molecule has 2 aromatic carbocycles. The number of nitrogens with zero attached hydrogens (tertiary/aromatic N) is 1. The maximum Gasteiger partial charge on any atom is 0.269 e. The van der Waals surface area contributed by atoms with E-state index in [1.807, 2.05) is 12.2 Å². The zero-order valence-corrected chi connectivity index (χ0v) is 18.4. The predicted molar refractivity (Wildman–Crippen MR) is 120 cm³/mol. The summed E-state index contributed by atoms with van der Waals surface area (Å²) in [4.78, 5) is 50.4. The summed E-state index contributed by atoms with van der Waals surface area (Å²) in [5.74, 6) is -1.97. The molecule has 1 fully saturated rings. The highest BCUT2D eigenvalue weighted by atomic mass is 35.5. The van der Waals surface area contributed by atoms with E-state index in [2.05, 4.69) is 10.9 Å². The summed E-state index contributed by atoms with van der Waals surface area (Å²) < 4.78 is 5.66. The van der Waals surface area contributed by atoms with Gasteiger partial charge in [0.2, 0.25) is 11.8 Å². The minimum absolute atomic E-state index is 0.315. The first-order valence-corrected chi connectivity index (χ1v) is 10.9. The molecule has 2 N–H and O–H groups in total. The molecule has 1 aliphatic heterocycles. The smallest absolute Gasteiger partial charge is 0.269 e. The van der Waals surface area contributed by atoms with Crippen LogP contribution in [0.4, 0.5) is 0 Å². The van der Waals surface area contributed by atoms with Crippen LogP contribution < -0.4 is 15.6 Å². The Balaban J connectivity index is 1.24. The van der Waals surface area contributed by atoms with Gasteiger partial charge >= 0.3 is 0 Å². The summed E-state index contributed by atoms with van der Waals surface area (Å²) in [5, 5.41) is 0.624. The summed E-state index contributed by atoms with van der Waals surface area (Å²) in [7, 11) is 0. The third-order valence-electron chi connectivity index (χ3n) is 5.65. The number of halogens is 1. The monoisotopic (exact) mass is 467 g/mol. The van der Waals surface area contributed by atoms with E-state index in [0.29, 0.717) is 35.8 Å². The van der Waals surface area contributed by atoms with E-state index in [0.717, 1.165) is 10.5 Å². The van der Waals surface area contributed by atoms with Crippen LogP contribution in [0.3, 0.4) is 0 Å². The van der Waals surface area contributed by atoms with Crippen LogP contribution in [0.25, 0.3) is 0 Å². The fourth-order valence-electron chi connectivity index (χ4n) is 3.86. The molecule has 2 aliphatic rings. The lowest BCUT2D eigenvalue weighted by atomic mass is 9.85. The van der Waals surface area contributed by atoms with E-state index in [1.165, 1.54) is 0 Å². The third-order valence-corrected chi connectivity index (χ3v) is 5.90. The van der Waals surface area contributed by atoms with Crippen LogP contribution in [-0.2, 0) is 21.0 Å². The van der Waals surface area contributed by atoms with Crippen molar-refractivity contribution in [2.24, 2.45) is 11.8 Å². The molecule has 8 nitrogen and oxygen atoms in total. The second kappa shape index (κ2) is 9.87. The van der Waals surface area contributed by atoms with Gasteiger partial charge in [-0.25, -0.2) is 0 Å². The number of imide groups is 1. The van der Waals surface area contributed by atoms with Gasteiger partial charge in [-0.05, 0) is 54.8 Å². The molecule has 4 rings (SSSR count). The number of likely N-dealkylation sites (tertiary alicyclic amines) is 1. The molecule has 1 aliphatic carbocycles. The molecule has 9 heteroatoms. The number of rotatable bonds is 6. The molecule has 1 saturated heterocycles. The average molecular weight is 468 g/mol. The Kier molecular flexibility index (Phi) is 6.74. The maximum absolute atomic E-state index is 12.4. The van der Waals surface area contributed by atoms with Gasteiger partial charge in [-0.3, -0.25) is 34.9 Å². The Hall–Kier alpha value is -3.65. The van der Waals surface area contributed by atoms with E-state index in [4.69, 9.17) is 16.3 Å². The maximum atomic E-state index is 12.4. The standard InChI is InChI=1S/C24H22ClN3O5/c25-17-9-11-18(12-10-17)33-14-15-5-7-16(8-6-15)22(30)27-26-21(29)13-28-23(31)19-3-1-2-4-20(19)24(28)32/h1-2,5-12,19-20H,3-4,13-14H2,(H,26,29)(H,27,30). The molecule has 2 atom stereocenters. The summed E-state index contributed by atoms with van der Waals surface area (Å²) >= 11 is 5.85. The van der Waals surface area contributed by atoms with Crippen molar-refractivity contribution in [3.8, 4) is 5.75 Å². The predicted octanol–water partition coefficient (Wildman–Crippen LogP) is 2.63. The average Bonchev–Trinajstić information content (AvgIpc) is 3.07. The highest BCUT2D eigenvalue weighted by Crippen LogP contribution is 2.34. The lowest BCUT2D eigenvalue weighted by Crippen LogP contribution is -2.47. The van der Waals surface area contributed by atoms with Crippen molar-refractivity contribution >= 4 is 35.2 Å². The van der Waals surface area contributed by atoms with Gasteiger partial charge in [-0.15, -0.1) is 0 Å². The van der Waals surface area contributed by atoms with Crippen molar-refractivity contribution in [1.29, 1.82) is 0 Å². The molecule has 4 amide bonds. The Bertz CT molecular complexity index is 1070. The van der Waals surface area contributed by atoms with Crippen molar-refractivity contribution in [2.45, 2.75) is 19.4 Å². The largest absolute Gasteiger partial charge is 0.489 e. The number of carbonyl (C=O) groups is 4. The van der Waals surface area contributed by atoms with E-state index >= 15 is 0 Å². The van der Waals surface area contributed by atoms with Crippen LogP contribution in [0.15, 0.2) is 60.7 Å². The first-order valence-electron chi connectivity index (χ1n) is 10.5. The van der Waals surface area contributed by atoms with E-state index in [1.54, 1.807) is 48.5 Å². The second-order valence-electron chi connectivity index (χ2n) is 7.86. The van der Waals surface area contributed by atoms with Gasteiger partial charge in [0, 0.05) is 10.6 Å². The molecule has 33 heavy (non-hydrogen) atoms. The number of allylic oxidation sites excluding steroid dienone is 2. The first-order chi connectivity index (χ1) is 15.9. The summed E-state index contributed by atoms with van der Waals surface area (Å²) in [6.45, 7) is -0.110. The van der Waals surface area contributed by atoms with Gasteiger partial charge in [0.15, 0.2) is 0 Å². The Morgan fingerprint density at radius 3 is 2.12 bits per heavy atom. The Morgan fingerprint density at radius 1 is 0.909 bits per heavy atom. The molecule has 2 aromatic rings. The summed E-state index contributed by atoms with van der Waals surface area (Å²) in [5.41, 5.74) is 5.75. The number of ether oxygens (including phenoxy) is 1. The van der Waals surface area contributed by atoms with Crippen LogP contribution in [0.2, 0.25) is 5.02 Å². The van der Waals surface area contributed by atoms with Crippen molar-refractivity contribution in [3.05, 3.63) is 76.8 Å². The Morgan fingerprint density at radius 2 is 1.52 bits per heavy atom. The Labute approximate surface area is 195 Å². The number of nitrogens with one attached hydrogen (secondary N) is 2. The molecule has 0 spiro atoms. The van der Waals surface area contributed by atoms with Gasteiger partial charge in [0.25, 0.3) is 11.8 Å². The number of benzene rings is 2.